The van der Waals surface area contributed by atoms with E-state index in [1.807, 2.05) is 80.7 Å². The molecule has 0 unspecified atom stereocenters. The number of hydrogen-bond donors (Lipinski definition) is 0. The molecule has 0 fully saturated rings. The van der Waals surface area contributed by atoms with Gasteiger partial charge in [-0.15, -0.1) is 11.3 Å². The van der Waals surface area contributed by atoms with Crippen LogP contribution in [0.4, 0.5) is 16.5 Å². The van der Waals surface area contributed by atoms with Crippen LogP contribution in [0.1, 0.15) is 34.1 Å². The molecule has 1 heterocycles. The van der Waals surface area contributed by atoms with Gasteiger partial charge in [0.2, 0.25) is 5.91 Å². The van der Waals surface area contributed by atoms with Crippen molar-refractivity contribution in [1.29, 1.82) is 0 Å². The van der Waals surface area contributed by atoms with E-state index in [9.17, 15) is 9.59 Å². The fraction of sp³-hybridized carbons (Fsp3) is 0.208. The Morgan fingerprint density at radius 2 is 1.63 bits per heavy atom. The molecule has 6 heteroatoms. The van der Waals surface area contributed by atoms with Crippen molar-refractivity contribution < 1.29 is 9.59 Å². The summed E-state index contributed by atoms with van der Waals surface area (Å²) in [5.74, 6) is -0.192. The lowest BCUT2D eigenvalue weighted by atomic mass is 10.1. The number of benzene rings is 2. The first-order valence-corrected chi connectivity index (χ1v) is 10.5. The summed E-state index contributed by atoms with van der Waals surface area (Å²) in [5, 5.41) is 2.43. The Hall–Kier alpha value is -3.25. The summed E-state index contributed by atoms with van der Waals surface area (Å²) < 4.78 is 0. The molecule has 2 aromatic carbocycles. The maximum Gasteiger partial charge on any atom is 0.230 e. The van der Waals surface area contributed by atoms with Crippen molar-refractivity contribution in [2.45, 2.75) is 20.8 Å². The summed E-state index contributed by atoms with van der Waals surface area (Å²) >= 11 is 1.38. The minimum atomic E-state index is -0.102. The lowest BCUT2D eigenvalue weighted by molar-refractivity contribution is -0.115. The molecule has 0 N–H and O–H groups in total. The van der Waals surface area contributed by atoms with Gasteiger partial charge in [-0.05, 0) is 61.4 Å². The van der Waals surface area contributed by atoms with Crippen LogP contribution in [-0.4, -0.2) is 30.8 Å². The third kappa shape index (κ3) is 4.66. The van der Waals surface area contributed by atoms with Crippen LogP contribution >= 0.6 is 11.3 Å². The Bertz CT molecular complexity index is 1080. The second kappa shape index (κ2) is 9.05. The zero-order valence-corrected chi connectivity index (χ0v) is 18.7. The molecule has 30 heavy (non-hydrogen) atoms. The lowest BCUT2D eigenvalue weighted by Crippen LogP contribution is -2.24. The molecular weight excluding hydrogens is 394 g/mol. The molecule has 0 aliphatic rings. The Morgan fingerprint density at radius 3 is 2.20 bits per heavy atom. The number of para-hydroxylation sites is 1. The number of aromatic nitrogens is 1. The maximum absolute atomic E-state index is 12.5. The van der Waals surface area contributed by atoms with Crippen LogP contribution in [0.5, 0.6) is 0 Å². The minimum absolute atomic E-state index is 0.0898. The highest BCUT2D eigenvalue weighted by atomic mass is 32.1. The number of ketones is 1. The second-order valence-electron chi connectivity index (χ2n) is 7.29. The van der Waals surface area contributed by atoms with Crippen LogP contribution in [0.15, 0.2) is 53.9 Å². The molecule has 0 bridgehead atoms. The Balaban J connectivity index is 1.82. The zero-order valence-electron chi connectivity index (χ0n) is 17.8. The fourth-order valence-corrected chi connectivity index (χ4v) is 4.02. The third-order valence-corrected chi connectivity index (χ3v) is 5.60. The van der Waals surface area contributed by atoms with E-state index in [2.05, 4.69) is 4.98 Å². The maximum atomic E-state index is 12.5. The number of allylic oxidation sites excluding steroid dienone is 1. The molecule has 0 aliphatic carbocycles. The van der Waals surface area contributed by atoms with Crippen molar-refractivity contribution in [2.24, 2.45) is 0 Å². The molecule has 0 spiro atoms. The normalized spacial score (nSPS) is 11.0. The summed E-state index contributed by atoms with van der Waals surface area (Å²) in [5.41, 5.74) is 5.17. The van der Waals surface area contributed by atoms with Crippen LogP contribution < -0.4 is 9.80 Å². The molecule has 1 aromatic heterocycles. The standard InChI is InChI=1S/C24H25N3O2S/c1-16-7-6-8-17(2)23(16)27(18(3)28)24-25-20(15-30-24)11-14-22(29)19-9-12-21(13-10-19)26(4)5/h6-15H,1-5H3. The number of carbonyl (C=O) groups excluding carboxylic acids is 2. The van der Waals surface area contributed by atoms with Crippen molar-refractivity contribution in [3.63, 3.8) is 0 Å². The molecular formula is C24H25N3O2S. The van der Waals surface area contributed by atoms with E-state index in [-0.39, 0.29) is 11.7 Å². The van der Waals surface area contributed by atoms with Gasteiger partial charge in [-0.3, -0.25) is 14.5 Å². The number of nitrogens with zero attached hydrogens (tertiary/aromatic N) is 3. The molecule has 0 aliphatic heterocycles. The summed E-state index contributed by atoms with van der Waals surface area (Å²) in [6.07, 6.45) is 3.20. The second-order valence-corrected chi connectivity index (χ2v) is 8.13. The number of carbonyl (C=O) groups is 2. The van der Waals surface area contributed by atoms with E-state index < -0.39 is 0 Å². The molecule has 3 rings (SSSR count). The molecule has 0 radical (unpaired) electrons. The van der Waals surface area contributed by atoms with Crippen LogP contribution in [0, 0.1) is 13.8 Å². The number of anilines is 3. The number of rotatable bonds is 6. The highest BCUT2D eigenvalue weighted by molar-refractivity contribution is 7.14. The Labute approximate surface area is 181 Å². The Kier molecular flexibility index (Phi) is 6.47. The Morgan fingerprint density at radius 1 is 1.00 bits per heavy atom. The topological polar surface area (TPSA) is 53.5 Å². The predicted molar refractivity (Wildman–Crippen MR) is 125 cm³/mol. The van der Waals surface area contributed by atoms with Crippen molar-refractivity contribution in [3.05, 3.63) is 76.3 Å². The van der Waals surface area contributed by atoms with Gasteiger partial charge in [0.15, 0.2) is 10.9 Å². The first-order valence-electron chi connectivity index (χ1n) is 9.60. The monoisotopic (exact) mass is 419 g/mol. The summed E-state index contributed by atoms with van der Waals surface area (Å²) in [6, 6.07) is 13.4. The molecule has 0 saturated carbocycles. The number of hydrogen-bond acceptors (Lipinski definition) is 5. The molecule has 0 atom stereocenters. The van der Waals surface area contributed by atoms with Crippen LogP contribution in [0.3, 0.4) is 0 Å². The molecule has 1 amide bonds. The van der Waals surface area contributed by atoms with Gasteiger partial charge in [0.05, 0.1) is 11.4 Å². The largest absolute Gasteiger partial charge is 0.378 e. The van der Waals surface area contributed by atoms with Crippen molar-refractivity contribution in [2.75, 3.05) is 23.9 Å². The zero-order chi connectivity index (χ0) is 21.8. The average molecular weight is 420 g/mol. The first-order chi connectivity index (χ1) is 14.3. The van der Waals surface area contributed by atoms with E-state index in [0.29, 0.717) is 16.4 Å². The third-order valence-electron chi connectivity index (χ3n) is 4.75. The predicted octanol–water partition coefficient (Wildman–Crippen LogP) is 5.41. The number of aryl methyl sites for hydroxylation is 2. The molecule has 154 valence electrons. The van der Waals surface area contributed by atoms with Crippen LogP contribution in [0.2, 0.25) is 0 Å². The van der Waals surface area contributed by atoms with E-state index in [4.69, 9.17) is 0 Å². The number of amides is 1. The van der Waals surface area contributed by atoms with Gasteiger partial charge in [-0.25, -0.2) is 4.98 Å². The molecule has 5 nitrogen and oxygen atoms in total. The highest BCUT2D eigenvalue weighted by Gasteiger charge is 2.21. The van der Waals surface area contributed by atoms with Gasteiger partial charge in [0.1, 0.15) is 0 Å². The van der Waals surface area contributed by atoms with E-state index in [1.165, 1.54) is 24.3 Å². The summed E-state index contributed by atoms with van der Waals surface area (Å²) in [6.45, 7) is 5.49. The van der Waals surface area contributed by atoms with Crippen LogP contribution in [-0.2, 0) is 4.79 Å². The summed E-state index contributed by atoms with van der Waals surface area (Å²) in [4.78, 5) is 33.1. The average Bonchev–Trinajstić information content (AvgIpc) is 3.17. The quantitative estimate of drug-likeness (QED) is 0.396. The SMILES string of the molecule is CC(=O)N(c1nc(C=CC(=O)c2ccc(N(C)C)cc2)cs1)c1c(C)cccc1C. The fourth-order valence-electron chi connectivity index (χ4n) is 3.18. The van der Waals surface area contributed by atoms with E-state index >= 15 is 0 Å². The molecule has 0 saturated heterocycles. The van der Waals surface area contributed by atoms with Crippen LogP contribution in [0.25, 0.3) is 6.08 Å². The minimum Gasteiger partial charge on any atom is -0.378 e. The van der Waals surface area contributed by atoms with Crippen molar-refractivity contribution in [1.82, 2.24) is 4.98 Å². The van der Waals surface area contributed by atoms with Gasteiger partial charge < -0.3 is 4.90 Å². The highest BCUT2D eigenvalue weighted by Crippen LogP contribution is 2.33. The lowest BCUT2D eigenvalue weighted by Gasteiger charge is -2.22. The first kappa shape index (κ1) is 21.5. The van der Waals surface area contributed by atoms with Crippen molar-refractivity contribution >= 4 is 45.6 Å². The van der Waals surface area contributed by atoms with Crippen molar-refractivity contribution in [3.8, 4) is 0 Å². The van der Waals surface area contributed by atoms with Gasteiger partial charge >= 0.3 is 0 Å². The van der Waals surface area contributed by atoms with Gasteiger partial charge in [0.25, 0.3) is 0 Å². The van der Waals surface area contributed by atoms with Gasteiger partial charge in [-0.2, -0.15) is 0 Å². The smallest absolute Gasteiger partial charge is 0.230 e. The van der Waals surface area contributed by atoms with E-state index in [0.717, 1.165) is 22.5 Å². The van der Waals surface area contributed by atoms with Gasteiger partial charge in [0, 0.05) is 37.6 Å². The number of thiazole rings is 1. The van der Waals surface area contributed by atoms with E-state index in [1.54, 1.807) is 11.0 Å². The van der Waals surface area contributed by atoms with Gasteiger partial charge in [-0.1, -0.05) is 18.2 Å². The summed E-state index contributed by atoms with van der Waals surface area (Å²) in [7, 11) is 3.92. The molecule has 3 aromatic rings.